The van der Waals surface area contributed by atoms with E-state index in [0.29, 0.717) is 23.9 Å². The molecule has 0 fully saturated rings. The zero-order chi connectivity index (χ0) is 22.7. The maximum Gasteiger partial charge on any atom is 0.252 e. The van der Waals surface area contributed by atoms with Gasteiger partial charge in [0.1, 0.15) is 11.6 Å². The normalized spacial score (nSPS) is 12.1. The van der Waals surface area contributed by atoms with E-state index in [1.54, 1.807) is 18.6 Å². The van der Waals surface area contributed by atoms with Crippen LogP contribution < -0.4 is 16.4 Å². The number of nitrogens with two attached hydrogens (primary N) is 1. The van der Waals surface area contributed by atoms with Gasteiger partial charge in [-0.05, 0) is 42.7 Å². The SMILES string of the molecule is CC(C)C[C@@H](Nc1nc(Nc2ccc3ncccc3c2)c(C(N)=O)cc1F)c1ncc[nH]1. The second-order valence-electron chi connectivity index (χ2n) is 7.92. The summed E-state index contributed by atoms with van der Waals surface area (Å²) in [6.45, 7) is 4.14. The number of aromatic amines is 1. The molecule has 32 heavy (non-hydrogen) atoms. The van der Waals surface area contributed by atoms with Gasteiger partial charge in [0.2, 0.25) is 0 Å². The molecule has 5 N–H and O–H groups in total. The molecule has 0 saturated heterocycles. The predicted molar refractivity (Wildman–Crippen MR) is 122 cm³/mol. The molecule has 3 aromatic heterocycles. The van der Waals surface area contributed by atoms with Crippen molar-refractivity contribution >= 4 is 34.1 Å². The molecule has 0 unspecified atom stereocenters. The van der Waals surface area contributed by atoms with Crippen LogP contribution in [0.2, 0.25) is 0 Å². The fourth-order valence-electron chi connectivity index (χ4n) is 3.51. The van der Waals surface area contributed by atoms with Gasteiger partial charge in [-0.3, -0.25) is 9.78 Å². The Morgan fingerprint density at radius 1 is 1.16 bits per heavy atom. The Morgan fingerprint density at radius 2 is 2.00 bits per heavy atom. The highest BCUT2D eigenvalue weighted by Crippen LogP contribution is 2.29. The highest BCUT2D eigenvalue weighted by molar-refractivity contribution is 5.99. The number of carbonyl (C=O) groups excluding carboxylic acids is 1. The maximum atomic E-state index is 14.9. The lowest BCUT2D eigenvalue weighted by atomic mass is 10.0. The first-order valence-electron chi connectivity index (χ1n) is 10.3. The lowest BCUT2D eigenvalue weighted by Gasteiger charge is -2.21. The number of benzene rings is 1. The Bertz CT molecular complexity index is 1240. The van der Waals surface area contributed by atoms with E-state index < -0.39 is 11.7 Å². The van der Waals surface area contributed by atoms with Crippen LogP contribution in [0.1, 0.15) is 42.5 Å². The van der Waals surface area contributed by atoms with Crippen molar-refractivity contribution in [3.8, 4) is 0 Å². The molecule has 1 atom stereocenters. The molecule has 0 spiro atoms. The third-order valence-electron chi connectivity index (χ3n) is 4.97. The second kappa shape index (κ2) is 9.01. The van der Waals surface area contributed by atoms with Gasteiger partial charge in [0.25, 0.3) is 5.91 Å². The van der Waals surface area contributed by atoms with Crippen molar-refractivity contribution in [3.05, 3.63) is 72.2 Å². The quantitative estimate of drug-likeness (QED) is 0.324. The second-order valence-corrected chi connectivity index (χ2v) is 7.92. The molecule has 9 heteroatoms. The van der Waals surface area contributed by atoms with Crippen LogP contribution in [0.5, 0.6) is 0 Å². The number of halogens is 1. The lowest BCUT2D eigenvalue weighted by molar-refractivity contribution is 0.100. The van der Waals surface area contributed by atoms with Gasteiger partial charge in [-0.15, -0.1) is 0 Å². The third-order valence-corrected chi connectivity index (χ3v) is 4.97. The number of aromatic nitrogens is 4. The summed E-state index contributed by atoms with van der Waals surface area (Å²) in [7, 11) is 0. The number of hydrogen-bond acceptors (Lipinski definition) is 6. The minimum Gasteiger partial charge on any atom is -0.365 e. The van der Waals surface area contributed by atoms with Gasteiger partial charge in [0, 0.05) is 29.7 Å². The molecule has 0 radical (unpaired) electrons. The third kappa shape index (κ3) is 4.66. The molecule has 0 aliphatic carbocycles. The number of hydrogen-bond donors (Lipinski definition) is 4. The molecule has 0 bridgehead atoms. The Labute approximate surface area is 184 Å². The number of H-pyrrole nitrogens is 1. The number of anilines is 3. The highest BCUT2D eigenvalue weighted by Gasteiger charge is 2.21. The fourth-order valence-corrected chi connectivity index (χ4v) is 3.51. The van der Waals surface area contributed by atoms with Crippen LogP contribution in [0.4, 0.5) is 21.7 Å². The van der Waals surface area contributed by atoms with E-state index in [2.05, 4.69) is 44.4 Å². The van der Waals surface area contributed by atoms with Crippen LogP contribution >= 0.6 is 0 Å². The first-order chi connectivity index (χ1) is 15.4. The number of amides is 1. The smallest absolute Gasteiger partial charge is 0.252 e. The molecular weight excluding hydrogens is 409 g/mol. The Kier molecular flexibility index (Phi) is 5.98. The van der Waals surface area contributed by atoms with E-state index in [0.717, 1.165) is 17.0 Å². The number of imidazole rings is 1. The summed E-state index contributed by atoms with van der Waals surface area (Å²) in [5.41, 5.74) is 6.95. The molecule has 1 aromatic carbocycles. The number of pyridine rings is 2. The minimum absolute atomic E-state index is 0.00186. The molecule has 3 heterocycles. The van der Waals surface area contributed by atoms with Crippen molar-refractivity contribution < 1.29 is 9.18 Å². The Morgan fingerprint density at radius 3 is 2.72 bits per heavy atom. The predicted octanol–water partition coefficient (Wildman–Crippen LogP) is 4.53. The largest absolute Gasteiger partial charge is 0.365 e. The van der Waals surface area contributed by atoms with Crippen LogP contribution in [-0.2, 0) is 0 Å². The average Bonchev–Trinajstić information content (AvgIpc) is 3.29. The van der Waals surface area contributed by atoms with Gasteiger partial charge >= 0.3 is 0 Å². The fraction of sp³-hybridized carbons (Fsp3) is 0.217. The molecule has 164 valence electrons. The first-order valence-corrected chi connectivity index (χ1v) is 10.3. The van der Waals surface area contributed by atoms with Crippen LogP contribution in [0, 0.1) is 11.7 Å². The number of rotatable bonds is 8. The van der Waals surface area contributed by atoms with Crippen molar-refractivity contribution in [2.24, 2.45) is 11.7 Å². The van der Waals surface area contributed by atoms with Crippen molar-refractivity contribution in [1.29, 1.82) is 0 Å². The van der Waals surface area contributed by atoms with E-state index in [1.165, 1.54) is 0 Å². The maximum absolute atomic E-state index is 14.9. The summed E-state index contributed by atoms with van der Waals surface area (Å²) < 4.78 is 14.9. The van der Waals surface area contributed by atoms with Gasteiger partial charge in [0.15, 0.2) is 11.6 Å². The molecule has 8 nitrogen and oxygen atoms in total. The van der Waals surface area contributed by atoms with Crippen LogP contribution in [0.25, 0.3) is 10.9 Å². The summed E-state index contributed by atoms with van der Waals surface area (Å²) in [4.78, 5) is 28.0. The van der Waals surface area contributed by atoms with E-state index >= 15 is 0 Å². The van der Waals surface area contributed by atoms with E-state index in [-0.39, 0.29) is 23.2 Å². The van der Waals surface area contributed by atoms with E-state index in [4.69, 9.17) is 5.73 Å². The van der Waals surface area contributed by atoms with Crippen molar-refractivity contribution in [2.45, 2.75) is 26.3 Å². The number of nitrogens with zero attached hydrogens (tertiary/aromatic N) is 3. The van der Waals surface area contributed by atoms with Crippen molar-refractivity contribution in [2.75, 3.05) is 10.6 Å². The van der Waals surface area contributed by atoms with Gasteiger partial charge in [-0.25, -0.2) is 14.4 Å². The zero-order valence-electron chi connectivity index (χ0n) is 17.8. The number of fused-ring (bicyclic) bond motifs is 1. The number of nitrogens with one attached hydrogen (secondary N) is 3. The monoisotopic (exact) mass is 433 g/mol. The lowest BCUT2D eigenvalue weighted by Crippen LogP contribution is -2.19. The first kappa shape index (κ1) is 21.2. The van der Waals surface area contributed by atoms with E-state index in [9.17, 15) is 9.18 Å². The Hall–Kier alpha value is -4.01. The summed E-state index contributed by atoms with van der Waals surface area (Å²) in [5.74, 6) is -0.288. The number of primary amides is 1. The zero-order valence-corrected chi connectivity index (χ0v) is 17.8. The minimum atomic E-state index is -0.780. The summed E-state index contributed by atoms with van der Waals surface area (Å²) in [6, 6.07) is 10.1. The van der Waals surface area contributed by atoms with Crippen molar-refractivity contribution in [1.82, 2.24) is 19.9 Å². The van der Waals surface area contributed by atoms with Crippen LogP contribution in [-0.4, -0.2) is 25.8 Å². The van der Waals surface area contributed by atoms with Crippen molar-refractivity contribution in [3.63, 3.8) is 0 Å². The molecule has 4 rings (SSSR count). The molecule has 0 aliphatic heterocycles. The highest BCUT2D eigenvalue weighted by atomic mass is 19.1. The Balaban J connectivity index is 1.69. The molecule has 0 aliphatic rings. The van der Waals surface area contributed by atoms with Gasteiger partial charge < -0.3 is 21.4 Å². The standard InChI is InChI=1S/C23H24FN7O/c1-13(2)10-19(23-27-8-9-28-23)30-22-17(24)12-16(20(25)32)21(31-22)29-15-5-6-18-14(11-15)4-3-7-26-18/h3-9,11-13,19H,10H2,1-2H3,(H2,25,32)(H,27,28)(H2,29,30,31)/t19-/m1/s1. The summed E-state index contributed by atoms with van der Waals surface area (Å²) in [6.07, 6.45) is 5.77. The summed E-state index contributed by atoms with van der Waals surface area (Å²) in [5, 5.41) is 7.12. The van der Waals surface area contributed by atoms with Gasteiger partial charge in [0.05, 0.1) is 17.1 Å². The average molecular weight is 433 g/mol. The summed E-state index contributed by atoms with van der Waals surface area (Å²) >= 11 is 0. The van der Waals surface area contributed by atoms with Gasteiger partial charge in [-0.2, -0.15) is 0 Å². The van der Waals surface area contributed by atoms with Crippen LogP contribution in [0.3, 0.4) is 0 Å². The molecular formula is C23H24FN7O. The molecule has 1 amide bonds. The van der Waals surface area contributed by atoms with E-state index in [1.807, 2.05) is 30.3 Å². The van der Waals surface area contributed by atoms with Crippen LogP contribution in [0.15, 0.2) is 55.0 Å². The topological polar surface area (TPSA) is 122 Å². The van der Waals surface area contributed by atoms with Gasteiger partial charge in [-0.1, -0.05) is 19.9 Å². The number of carbonyl (C=O) groups is 1. The molecule has 4 aromatic rings. The molecule has 0 saturated carbocycles.